The summed E-state index contributed by atoms with van der Waals surface area (Å²) in [5.74, 6) is 2.65. The molecule has 0 bridgehead atoms. The number of hydrogen-bond acceptors (Lipinski definition) is 7. The number of nitrogens with zero attached hydrogens (tertiary/aromatic N) is 3. The Bertz CT molecular complexity index is 1220. The van der Waals surface area contributed by atoms with Gasteiger partial charge < -0.3 is 20.1 Å². The lowest BCUT2D eigenvalue weighted by Gasteiger charge is -2.29. The van der Waals surface area contributed by atoms with Crippen LogP contribution in [-0.2, 0) is 4.79 Å². The van der Waals surface area contributed by atoms with Crippen LogP contribution in [0.2, 0.25) is 0 Å². The molecular weight excluding hydrogens is 462 g/mol. The Morgan fingerprint density at radius 3 is 2.80 bits per heavy atom. The Hall–Kier alpha value is -3.46. The van der Waals surface area contributed by atoms with Crippen LogP contribution in [0.15, 0.2) is 65.0 Å². The summed E-state index contributed by atoms with van der Waals surface area (Å²) in [4.78, 5) is 18.4. The number of amides is 1. The van der Waals surface area contributed by atoms with E-state index in [9.17, 15) is 4.79 Å². The number of thioether (sulfide) groups is 1. The van der Waals surface area contributed by atoms with Crippen LogP contribution in [0, 0.1) is 0 Å². The molecule has 0 aliphatic carbocycles. The van der Waals surface area contributed by atoms with E-state index >= 15 is 0 Å². The Balaban J connectivity index is 1.74. The molecule has 1 amide bonds. The first-order valence-corrected chi connectivity index (χ1v) is 12.8. The molecule has 0 saturated carbocycles. The predicted molar refractivity (Wildman–Crippen MR) is 139 cm³/mol. The summed E-state index contributed by atoms with van der Waals surface area (Å²) >= 11 is 1.62. The van der Waals surface area contributed by atoms with Gasteiger partial charge in [-0.1, -0.05) is 49.4 Å². The zero-order valence-corrected chi connectivity index (χ0v) is 21.3. The summed E-state index contributed by atoms with van der Waals surface area (Å²) in [5, 5.41) is 11.8. The first-order valence-electron chi connectivity index (χ1n) is 11.8. The van der Waals surface area contributed by atoms with Gasteiger partial charge in [0.2, 0.25) is 11.1 Å². The minimum atomic E-state index is -0.478. The third-order valence-electron chi connectivity index (χ3n) is 5.65. The van der Waals surface area contributed by atoms with Crippen molar-refractivity contribution in [1.29, 1.82) is 0 Å². The average molecular weight is 494 g/mol. The largest absolute Gasteiger partial charge is 0.497 e. The van der Waals surface area contributed by atoms with Crippen molar-refractivity contribution in [2.24, 2.45) is 0 Å². The second-order valence-electron chi connectivity index (χ2n) is 8.09. The van der Waals surface area contributed by atoms with E-state index in [0.717, 1.165) is 24.2 Å². The highest BCUT2D eigenvalue weighted by atomic mass is 32.2. The van der Waals surface area contributed by atoms with Gasteiger partial charge in [-0.05, 0) is 50.1 Å². The van der Waals surface area contributed by atoms with Gasteiger partial charge in [0.05, 0.1) is 25.0 Å². The topological polar surface area (TPSA) is 90.3 Å². The molecule has 1 aliphatic rings. The highest BCUT2D eigenvalue weighted by Crippen LogP contribution is 2.38. The number of nitrogens with one attached hydrogen (secondary N) is 2. The molecule has 1 aliphatic heterocycles. The predicted octanol–water partition coefficient (Wildman–Crippen LogP) is 5.51. The van der Waals surface area contributed by atoms with Crippen molar-refractivity contribution in [2.75, 3.05) is 30.1 Å². The van der Waals surface area contributed by atoms with Crippen LogP contribution in [0.1, 0.15) is 45.2 Å². The van der Waals surface area contributed by atoms with Crippen LogP contribution in [0.25, 0.3) is 0 Å². The number of unbranched alkanes of at least 4 members (excludes halogenated alkanes) is 1. The fourth-order valence-electron chi connectivity index (χ4n) is 3.96. The van der Waals surface area contributed by atoms with Crippen molar-refractivity contribution in [3.05, 3.63) is 65.4 Å². The molecule has 3 aromatic rings. The third-order valence-corrected chi connectivity index (χ3v) is 6.58. The van der Waals surface area contributed by atoms with Gasteiger partial charge in [0, 0.05) is 11.4 Å². The van der Waals surface area contributed by atoms with Gasteiger partial charge in [0.1, 0.15) is 17.5 Å². The summed E-state index contributed by atoms with van der Waals surface area (Å²) in [6.07, 6.45) is 2.20. The van der Waals surface area contributed by atoms with Crippen LogP contribution in [0.4, 0.5) is 11.6 Å². The number of methoxy groups -OCH3 is 1. The van der Waals surface area contributed by atoms with Crippen molar-refractivity contribution in [3.63, 3.8) is 0 Å². The van der Waals surface area contributed by atoms with Gasteiger partial charge in [0.25, 0.3) is 5.91 Å². The monoisotopic (exact) mass is 493 g/mol. The van der Waals surface area contributed by atoms with E-state index in [4.69, 9.17) is 19.6 Å². The molecule has 184 valence electrons. The number of ether oxygens (including phenoxy) is 2. The molecule has 0 radical (unpaired) electrons. The number of para-hydroxylation sites is 2. The molecule has 1 atom stereocenters. The molecule has 2 heterocycles. The number of carbonyl (C=O) groups excluding carboxylic acids is 1. The molecule has 2 aromatic carbocycles. The molecule has 0 saturated heterocycles. The SMILES string of the molecule is CCCCSc1nc2n(n1)C(c1cccc(OC)c1)C(C(=O)Nc1ccccc1OCC)=C(C)N2. The van der Waals surface area contributed by atoms with Crippen LogP contribution in [0.5, 0.6) is 11.5 Å². The lowest BCUT2D eigenvalue weighted by Crippen LogP contribution is -2.31. The maximum absolute atomic E-state index is 13.7. The lowest BCUT2D eigenvalue weighted by molar-refractivity contribution is -0.113. The summed E-state index contributed by atoms with van der Waals surface area (Å²) in [5.41, 5.74) is 2.76. The zero-order chi connectivity index (χ0) is 24.8. The maximum atomic E-state index is 13.7. The van der Waals surface area contributed by atoms with E-state index in [0.29, 0.717) is 46.2 Å². The Morgan fingerprint density at radius 1 is 1.20 bits per heavy atom. The van der Waals surface area contributed by atoms with Crippen LogP contribution in [-0.4, -0.2) is 40.1 Å². The molecule has 1 aromatic heterocycles. The van der Waals surface area contributed by atoms with E-state index in [1.807, 2.05) is 62.4 Å². The van der Waals surface area contributed by atoms with Crippen molar-refractivity contribution in [2.45, 2.75) is 44.8 Å². The summed E-state index contributed by atoms with van der Waals surface area (Å²) in [7, 11) is 1.63. The van der Waals surface area contributed by atoms with Gasteiger partial charge in [-0.25, -0.2) is 4.68 Å². The molecule has 0 fully saturated rings. The Labute approximate surface area is 210 Å². The normalized spacial score (nSPS) is 14.8. The molecule has 0 spiro atoms. The van der Waals surface area contributed by atoms with E-state index in [2.05, 4.69) is 17.6 Å². The van der Waals surface area contributed by atoms with Crippen LogP contribution in [0.3, 0.4) is 0 Å². The van der Waals surface area contributed by atoms with Crippen molar-refractivity contribution in [3.8, 4) is 11.5 Å². The fraction of sp³-hybridized carbons (Fsp3) is 0.346. The number of fused-ring (bicyclic) bond motifs is 1. The van der Waals surface area contributed by atoms with E-state index in [1.165, 1.54) is 0 Å². The summed E-state index contributed by atoms with van der Waals surface area (Å²) in [6.45, 7) is 6.47. The van der Waals surface area contributed by atoms with E-state index < -0.39 is 6.04 Å². The van der Waals surface area contributed by atoms with Crippen LogP contribution < -0.4 is 20.1 Å². The Kier molecular flexibility index (Phi) is 7.97. The molecule has 8 nitrogen and oxygen atoms in total. The number of benzene rings is 2. The third kappa shape index (κ3) is 5.45. The van der Waals surface area contributed by atoms with Gasteiger partial charge >= 0.3 is 0 Å². The molecular formula is C26H31N5O3S. The highest BCUT2D eigenvalue weighted by molar-refractivity contribution is 7.99. The van der Waals surface area contributed by atoms with Crippen LogP contribution >= 0.6 is 11.8 Å². The van der Waals surface area contributed by atoms with Gasteiger partial charge in [-0.15, -0.1) is 5.10 Å². The number of aromatic nitrogens is 3. The van der Waals surface area contributed by atoms with E-state index in [-0.39, 0.29) is 5.91 Å². The van der Waals surface area contributed by atoms with Crippen molar-refractivity contribution < 1.29 is 14.3 Å². The first-order chi connectivity index (χ1) is 17.0. The minimum absolute atomic E-state index is 0.240. The second-order valence-corrected chi connectivity index (χ2v) is 9.15. The Morgan fingerprint density at radius 2 is 2.03 bits per heavy atom. The standard InChI is InChI=1S/C26H31N5O3S/c1-5-7-15-35-26-29-25-27-17(3)22(24(32)28-20-13-8-9-14-21(20)34-6-2)23(31(25)30-26)18-11-10-12-19(16-18)33-4/h8-14,16,23H,5-7,15H2,1-4H3,(H,28,32)(H,27,29,30). The van der Waals surface area contributed by atoms with Crippen molar-refractivity contribution >= 4 is 29.3 Å². The quantitative estimate of drug-likeness (QED) is 0.284. The second kappa shape index (κ2) is 11.3. The molecule has 35 heavy (non-hydrogen) atoms. The molecule has 1 unspecified atom stereocenters. The number of rotatable bonds is 10. The first kappa shape index (κ1) is 24.7. The number of carbonyl (C=O) groups is 1. The zero-order valence-electron chi connectivity index (χ0n) is 20.5. The number of anilines is 2. The van der Waals surface area contributed by atoms with Gasteiger partial charge in [0.15, 0.2) is 0 Å². The molecule has 4 rings (SSSR count). The number of hydrogen-bond donors (Lipinski definition) is 2. The number of allylic oxidation sites excluding steroid dienone is 1. The fourth-order valence-corrected chi connectivity index (χ4v) is 4.87. The average Bonchev–Trinajstić information content (AvgIpc) is 3.26. The summed E-state index contributed by atoms with van der Waals surface area (Å²) in [6, 6.07) is 14.6. The minimum Gasteiger partial charge on any atom is -0.497 e. The highest BCUT2D eigenvalue weighted by Gasteiger charge is 2.35. The smallest absolute Gasteiger partial charge is 0.255 e. The lowest BCUT2D eigenvalue weighted by atomic mass is 9.95. The van der Waals surface area contributed by atoms with Gasteiger partial charge in [-0.3, -0.25) is 4.79 Å². The molecule has 9 heteroatoms. The van der Waals surface area contributed by atoms with Crippen molar-refractivity contribution in [1.82, 2.24) is 14.8 Å². The van der Waals surface area contributed by atoms with E-state index in [1.54, 1.807) is 23.6 Å². The summed E-state index contributed by atoms with van der Waals surface area (Å²) < 4.78 is 13.0. The maximum Gasteiger partial charge on any atom is 0.255 e. The van der Waals surface area contributed by atoms with Gasteiger partial charge in [-0.2, -0.15) is 4.98 Å². The molecule has 2 N–H and O–H groups in total.